The molecule has 0 fully saturated rings. The summed E-state index contributed by atoms with van der Waals surface area (Å²) in [4.78, 5) is 11.8. The van der Waals surface area contributed by atoms with Crippen molar-refractivity contribution in [2.75, 3.05) is 17.2 Å². The number of hydrogen-bond donors (Lipinski definition) is 2. The number of amides is 1. The lowest BCUT2D eigenvalue weighted by atomic mass is 10.3. The van der Waals surface area contributed by atoms with E-state index in [1.54, 1.807) is 18.2 Å². The first-order valence-corrected chi connectivity index (χ1v) is 7.34. The number of hydrogen-bond acceptors (Lipinski definition) is 2. The molecule has 2 aromatic carbocycles. The highest BCUT2D eigenvalue weighted by Crippen LogP contribution is 2.24. The van der Waals surface area contributed by atoms with E-state index in [0.29, 0.717) is 10.0 Å². The van der Waals surface area contributed by atoms with Crippen molar-refractivity contribution in [3.8, 4) is 0 Å². The Morgan fingerprint density at radius 1 is 1.00 bits per heavy atom. The Labute approximate surface area is 135 Å². The van der Waals surface area contributed by atoms with E-state index in [4.69, 9.17) is 23.2 Å². The van der Waals surface area contributed by atoms with Crippen LogP contribution in [0.3, 0.4) is 0 Å². The van der Waals surface area contributed by atoms with Crippen LogP contribution in [0.1, 0.15) is 0 Å². The van der Waals surface area contributed by atoms with Crippen molar-refractivity contribution in [2.24, 2.45) is 0 Å². The average molecular weight is 374 g/mol. The van der Waals surface area contributed by atoms with Crippen molar-refractivity contribution < 1.29 is 4.79 Å². The maximum atomic E-state index is 11.8. The van der Waals surface area contributed by atoms with Crippen molar-refractivity contribution in [1.82, 2.24) is 0 Å². The first kappa shape index (κ1) is 15.2. The van der Waals surface area contributed by atoms with Crippen molar-refractivity contribution in [2.45, 2.75) is 0 Å². The Balaban J connectivity index is 1.88. The van der Waals surface area contributed by atoms with Crippen LogP contribution in [0.5, 0.6) is 0 Å². The maximum Gasteiger partial charge on any atom is 0.243 e. The van der Waals surface area contributed by atoms with Crippen LogP contribution in [-0.2, 0) is 4.79 Å². The second-order valence-corrected chi connectivity index (χ2v) is 5.77. The zero-order valence-electron chi connectivity index (χ0n) is 10.3. The summed E-state index contributed by atoms with van der Waals surface area (Å²) < 4.78 is 0.962. The van der Waals surface area contributed by atoms with Crippen LogP contribution >= 0.6 is 39.1 Å². The maximum absolute atomic E-state index is 11.8. The molecule has 2 N–H and O–H groups in total. The Morgan fingerprint density at radius 2 is 1.65 bits per heavy atom. The molecule has 6 heteroatoms. The normalized spacial score (nSPS) is 10.2. The minimum Gasteiger partial charge on any atom is -0.376 e. The van der Waals surface area contributed by atoms with E-state index in [1.165, 1.54) is 0 Å². The first-order valence-electron chi connectivity index (χ1n) is 5.79. The van der Waals surface area contributed by atoms with E-state index < -0.39 is 0 Å². The average Bonchev–Trinajstić information content (AvgIpc) is 2.43. The van der Waals surface area contributed by atoms with Gasteiger partial charge in [-0.3, -0.25) is 4.79 Å². The Hall–Kier alpha value is -1.23. The van der Waals surface area contributed by atoms with Gasteiger partial charge in [-0.2, -0.15) is 0 Å². The quantitative estimate of drug-likeness (QED) is 0.807. The van der Waals surface area contributed by atoms with Crippen LogP contribution in [0.25, 0.3) is 0 Å². The molecule has 0 aliphatic heterocycles. The number of nitrogens with one attached hydrogen (secondary N) is 2. The van der Waals surface area contributed by atoms with Crippen LogP contribution in [-0.4, -0.2) is 12.5 Å². The topological polar surface area (TPSA) is 41.1 Å². The summed E-state index contributed by atoms with van der Waals surface area (Å²) >= 11 is 15.1. The van der Waals surface area contributed by atoms with Gasteiger partial charge in [0.2, 0.25) is 5.91 Å². The molecular weight excluding hydrogens is 363 g/mol. The van der Waals surface area contributed by atoms with Gasteiger partial charge in [-0.05, 0) is 42.5 Å². The second kappa shape index (κ2) is 6.97. The molecule has 0 radical (unpaired) electrons. The monoisotopic (exact) mass is 372 g/mol. The molecule has 0 saturated heterocycles. The molecule has 0 heterocycles. The largest absolute Gasteiger partial charge is 0.376 e. The molecule has 0 spiro atoms. The highest BCUT2D eigenvalue weighted by atomic mass is 79.9. The zero-order chi connectivity index (χ0) is 14.5. The predicted octanol–water partition coefficient (Wildman–Crippen LogP) is 4.81. The smallest absolute Gasteiger partial charge is 0.243 e. The van der Waals surface area contributed by atoms with Crippen LogP contribution in [0.15, 0.2) is 46.9 Å². The summed E-state index contributed by atoms with van der Waals surface area (Å²) in [6.07, 6.45) is 0. The molecule has 104 valence electrons. The summed E-state index contributed by atoms with van der Waals surface area (Å²) in [5.41, 5.74) is 1.49. The van der Waals surface area contributed by atoms with Crippen molar-refractivity contribution in [1.29, 1.82) is 0 Å². The number of benzene rings is 2. The number of carbonyl (C=O) groups excluding carboxylic acids is 1. The summed E-state index contributed by atoms with van der Waals surface area (Å²) in [5, 5.41) is 6.70. The Bertz CT molecular complexity index is 617. The zero-order valence-corrected chi connectivity index (χ0v) is 13.4. The third-order valence-corrected chi connectivity index (χ3v) is 3.77. The molecule has 0 bridgehead atoms. The third kappa shape index (κ3) is 4.40. The lowest BCUT2D eigenvalue weighted by Gasteiger charge is -2.08. The summed E-state index contributed by atoms with van der Waals surface area (Å²) in [6, 6.07) is 12.5. The van der Waals surface area contributed by atoms with Gasteiger partial charge in [-0.25, -0.2) is 0 Å². The molecule has 1 amide bonds. The SMILES string of the molecule is O=C(CNc1ccc(Cl)c(Cl)c1)Nc1ccc(Br)cc1. The molecule has 2 aromatic rings. The minimum absolute atomic E-state index is 0.140. The van der Waals surface area contributed by atoms with Gasteiger partial charge >= 0.3 is 0 Å². The fourth-order valence-corrected chi connectivity index (χ4v) is 2.09. The van der Waals surface area contributed by atoms with E-state index >= 15 is 0 Å². The second-order valence-electron chi connectivity index (χ2n) is 4.04. The molecular formula is C14H11BrCl2N2O. The lowest BCUT2D eigenvalue weighted by Crippen LogP contribution is -2.21. The van der Waals surface area contributed by atoms with Crippen LogP contribution in [0.4, 0.5) is 11.4 Å². The van der Waals surface area contributed by atoms with Crippen molar-refractivity contribution in [3.05, 3.63) is 57.0 Å². The van der Waals surface area contributed by atoms with Gasteiger partial charge in [0.15, 0.2) is 0 Å². The van der Waals surface area contributed by atoms with E-state index in [2.05, 4.69) is 26.6 Å². The number of anilines is 2. The molecule has 20 heavy (non-hydrogen) atoms. The third-order valence-electron chi connectivity index (χ3n) is 2.50. The molecule has 0 aliphatic rings. The molecule has 0 saturated carbocycles. The van der Waals surface area contributed by atoms with Gasteiger partial charge in [-0.15, -0.1) is 0 Å². The van der Waals surface area contributed by atoms with Gasteiger partial charge in [0.1, 0.15) is 0 Å². The fraction of sp³-hybridized carbons (Fsp3) is 0.0714. The first-order chi connectivity index (χ1) is 9.54. The fourth-order valence-electron chi connectivity index (χ4n) is 1.53. The molecule has 0 aromatic heterocycles. The number of halogens is 3. The molecule has 0 unspecified atom stereocenters. The highest BCUT2D eigenvalue weighted by Gasteiger charge is 2.04. The summed E-state index contributed by atoms with van der Waals surface area (Å²) in [5.74, 6) is -0.140. The number of rotatable bonds is 4. The van der Waals surface area contributed by atoms with Gasteiger partial charge in [-0.1, -0.05) is 39.1 Å². The lowest BCUT2D eigenvalue weighted by molar-refractivity contribution is -0.114. The molecule has 3 nitrogen and oxygen atoms in total. The summed E-state index contributed by atoms with van der Waals surface area (Å²) in [6.45, 7) is 0.147. The van der Waals surface area contributed by atoms with Gasteiger partial charge in [0.05, 0.1) is 16.6 Å². The van der Waals surface area contributed by atoms with E-state index in [9.17, 15) is 4.79 Å². The number of carbonyl (C=O) groups is 1. The predicted molar refractivity (Wildman–Crippen MR) is 87.7 cm³/mol. The molecule has 0 aliphatic carbocycles. The van der Waals surface area contributed by atoms with E-state index in [-0.39, 0.29) is 12.5 Å². The van der Waals surface area contributed by atoms with E-state index in [1.807, 2.05) is 24.3 Å². The minimum atomic E-state index is -0.140. The molecule has 0 atom stereocenters. The van der Waals surface area contributed by atoms with Crippen LogP contribution in [0.2, 0.25) is 10.0 Å². The van der Waals surface area contributed by atoms with Crippen LogP contribution in [0, 0.1) is 0 Å². The van der Waals surface area contributed by atoms with Crippen molar-refractivity contribution in [3.63, 3.8) is 0 Å². The summed E-state index contributed by atoms with van der Waals surface area (Å²) in [7, 11) is 0. The van der Waals surface area contributed by atoms with Crippen molar-refractivity contribution >= 4 is 56.4 Å². The van der Waals surface area contributed by atoms with E-state index in [0.717, 1.165) is 15.8 Å². The van der Waals surface area contributed by atoms with Gasteiger partial charge in [0, 0.05) is 15.8 Å². The van der Waals surface area contributed by atoms with Gasteiger partial charge < -0.3 is 10.6 Å². The Kier molecular flexibility index (Phi) is 5.29. The van der Waals surface area contributed by atoms with Crippen LogP contribution < -0.4 is 10.6 Å². The van der Waals surface area contributed by atoms with Gasteiger partial charge in [0.25, 0.3) is 0 Å². The standard InChI is InChI=1S/C14H11BrCl2N2O/c15-9-1-3-10(4-2-9)19-14(20)8-18-11-5-6-12(16)13(17)7-11/h1-7,18H,8H2,(H,19,20). The highest BCUT2D eigenvalue weighted by molar-refractivity contribution is 9.10. The Morgan fingerprint density at radius 3 is 2.30 bits per heavy atom. The molecule has 2 rings (SSSR count).